The molecule has 3 aromatic heterocycles. The topological polar surface area (TPSA) is 133 Å². The van der Waals surface area contributed by atoms with Crippen molar-refractivity contribution in [2.24, 2.45) is 85.8 Å². The number of aliphatic hydroxyl groups is 1. The van der Waals surface area contributed by atoms with Crippen LogP contribution in [0.2, 0.25) is 0 Å². The van der Waals surface area contributed by atoms with E-state index in [0.717, 1.165) is 82.5 Å². The molecule has 3 saturated heterocycles. The maximum absolute atomic E-state index is 8.51. The maximum atomic E-state index is 8.51. The van der Waals surface area contributed by atoms with E-state index >= 15 is 0 Å². The predicted octanol–water partition coefficient (Wildman–Crippen LogP) is 19.3. The van der Waals surface area contributed by atoms with Gasteiger partial charge in [-0.3, -0.25) is 15.0 Å². The van der Waals surface area contributed by atoms with Gasteiger partial charge in [0.15, 0.2) is 18.9 Å². The highest BCUT2D eigenvalue weighted by Crippen LogP contribution is 2.67. The zero-order chi connectivity index (χ0) is 67.8. The molecule has 15 rings (SSSR count). The molecule has 6 heterocycles. The fraction of sp³-hybridized carbons (Fsp3) is 0.750. The molecule has 0 aromatic carbocycles. The molecule has 97 heavy (non-hydrogen) atoms. The summed E-state index contributed by atoms with van der Waals surface area (Å²) in [5, 5.41) is 9.59. The molecule has 0 spiro atoms. The number of allylic oxidation sites excluding steroid dienone is 3. The lowest BCUT2D eigenvalue weighted by atomic mass is 9.46. The lowest BCUT2D eigenvalue weighted by molar-refractivity contribution is -0.316. The number of ether oxygens (including phenoxy) is 8. The molecule has 3 aliphatic heterocycles. The van der Waals surface area contributed by atoms with Crippen molar-refractivity contribution in [3.63, 3.8) is 0 Å². The normalized spacial score (nSPS) is 39.6. The summed E-state index contributed by atoms with van der Waals surface area (Å²) in [5.41, 5.74) is 8.90. The van der Waals surface area contributed by atoms with Crippen LogP contribution in [0.3, 0.4) is 0 Å². The Morgan fingerprint density at radius 1 is 0.423 bits per heavy atom. The van der Waals surface area contributed by atoms with Crippen molar-refractivity contribution in [1.82, 2.24) is 15.0 Å². The minimum absolute atomic E-state index is 0.0378. The van der Waals surface area contributed by atoms with E-state index in [2.05, 4.69) is 92.2 Å². The van der Waals surface area contributed by atoms with Crippen molar-refractivity contribution in [3.05, 3.63) is 127 Å². The maximum Gasteiger partial charge on any atom is 0.160 e. The van der Waals surface area contributed by atoms with E-state index in [0.29, 0.717) is 90.2 Å². The molecule has 12 fully saturated rings. The van der Waals surface area contributed by atoms with Gasteiger partial charge in [0.25, 0.3) is 0 Å². The lowest BCUT2D eigenvalue weighted by Gasteiger charge is -2.63. The number of hydrogen-bond donors (Lipinski definition) is 1. The number of nitrogens with zero attached hydrogens (tertiary/aromatic N) is 3. The van der Waals surface area contributed by atoms with Gasteiger partial charge in [-0.2, -0.15) is 0 Å². The SMILES string of the molecule is C=C1CCC2[C@]3(C)CO[C@@H](C4CCCC4)O[C@@H]3CC[C@@]2(C)[C@@H]1CCBr.C=C1CCC2[C@]3(C)CO[C@@H](C4CCCC4)O[C@@H]3CC[C@@]2(C)[C@@H]1CCOCc1ccncc1.C=C1CCC2[C@]3(C)CO[C@@H](C4CCCC4)O[C@@H]3CC[C@@]2(C)[C@@H]1CCOCc1ccncc1.OCc1ccncc1. The summed E-state index contributed by atoms with van der Waals surface area (Å²) in [6, 6.07) is 11.7. The molecular formula is C84H124BrN3O9. The average Bonchev–Trinajstić information content (AvgIpc) is 1.24. The number of hydrogen-bond acceptors (Lipinski definition) is 12. The quantitative estimate of drug-likeness (QED) is 0.0832. The Kier molecular flexibility index (Phi) is 24.7. The molecule has 12 nitrogen and oxygen atoms in total. The highest BCUT2D eigenvalue weighted by Gasteiger charge is 2.64. The van der Waals surface area contributed by atoms with E-state index < -0.39 is 0 Å². The third kappa shape index (κ3) is 15.8. The number of aromatic nitrogens is 3. The van der Waals surface area contributed by atoms with E-state index in [9.17, 15) is 0 Å². The minimum atomic E-state index is 0.0378. The number of halogens is 1. The molecule has 9 saturated carbocycles. The van der Waals surface area contributed by atoms with Crippen LogP contribution in [0.5, 0.6) is 0 Å². The minimum Gasteiger partial charge on any atom is -0.392 e. The number of pyridine rings is 3. The molecule has 3 unspecified atom stereocenters. The fourth-order valence-corrected chi connectivity index (χ4v) is 23.4. The number of fused-ring (bicyclic) bond motifs is 9. The highest BCUT2D eigenvalue weighted by molar-refractivity contribution is 9.09. The Labute approximate surface area is 593 Å². The second-order valence-corrected chi connectivity index (χ2v) is 34.8. The standard InChI is InChI=1S/2C28H41NO3.C22H35BrO2.C6H7NO/c2*1-20-8-9-24-27(2,23(20)13-17-30-18-21-11-15-29-16-12-21)14-10-25-28(24,3)19-31-26(32-25)22-6-4-5-7-22;1-15-8-9-18-21(2,17(15)11-13-23)12-10-19-22(18,3)14-24-20(25-19)16-6-4-5-7-16;8-5-6-1-3-7-4-2-6/h2*11-12,15-16,22-26H,1,4-10,13-14,17-19H2,2-3H3;16-20H,1,4-14H2,2-3H3;1-4,8H,5H2/t2*23-,24?,25-,26-,27+,28+;17-,18?,19-,20-,21+,22+;/m111./s1. The van der Waals surface area contributed by atoms with Gasteiger partial charge in [0.05, 0.1) is 58.0 Å². The zero-order valence-electron chi connectivity index (χ0n) is 60.6. The summed E-state index contributed by atoms with van der Waals surface area (Å²) in [6.45, 7) is 34.1. The van der Waals surface area contributed by atoms with Crippen LogP contribution < -0.4 is 0 Å². The molecule has 18 atom stereocenters. The Morgan fingerprint density at radius 2 is 0.722 bits per heavy atom. The summed E-state index contributed by atoms with van der Waals surface area (Å²) in [5.74, 6) is 5.49. The van der Waals surface area contributed by atoms with Gasteiger partial charge >= 0.3 is 0 Å². The first-order valence-electron chi connectivity index (χ1n) is 38.8. The van der Waals surface area contributed by atoms with Crippen molar-refractivity contribution in [1.29, 1.82) is 0 Å². The number of alkyl halides is 1. The van der Waals surface area contributed by atoms with E-state index in [-0.39, 0.29) is 52.6 Å². The number of aliphatic hydroxyl groups excluding tert-OH is 1. The Hall–Kier alpha value is -3.21. The molecule has 3 aromatic rings. The third-order valence-electron chi connectivity index (χ3n) is 28.3. The molecule has 9 aliphatic carbocycles. The van der Waals surface area contributed by atoms with Gasteiger partial charge < -0.3 is 43.0 Å². The monoisotopic (exact) mass is 1400 g/mol. The van der Waals surface area contributed by atoms with Gasteiger partial charge in [-0.05, 0) is 240 Å². The predicted molar refractivity (Wildman–Crippen MR) is 388 cm³/mol. The van der Waals surface area contributed by atoms with Gasteiger partial charge in [-0.25, -0.2) is 0 Å². The number of rotatable bonds is 16. The van der Waals surface area contributed by atoms with Gasteiger partial charge in [0.2, 0.25) is 0 Å². The van der Waals surface area contributed by atoms with Crippen LogP contribution in [0.4, 0.5) is 0 Å². The average molecular weight is 1400 g/mol. The molecule has 1 N–H and O–H groups in total. The summed E-state index contributed by atoms with van der Waals surface area (Å²) in [7, 11) is 0. The molecule has 12 aliphatic rings. The van der Waals surface area contributed by atoms with Crippen molar-refractivity contribution < 1.29 is 43.0 Å². The van der Waals surface area contributed by atoms with Crippen LogP contribution in [0, 0.1) is 85.8 Å². The highest BCUT2D eigenvalue weighted by atomic mass is 79.9. The summed E-state index contributed by atoms with van der Waals surface area (Å²) in [4.78, 5) is 12.0. The Balaban J connectivity index is 0.000000132. The Morgan fingerprint density at radius 3 is 1.01 bits per heavy atom. The lowest BCUT2D eigenvalue weighted by Crippen LogP contribution is -2.62. The van der Waals surface area contributed by atoms with Crippen LogP contribution in [-0.4, -0.2) is 95.6 Å². The van der Waals surface area contributed by atoms with E-state index in [1.807, 2.05) is 49.1 Å². The molecule has 0 radical (unpaired) electrons. The first-order valence-corrected chi connectivity index (χ1v) is 39.9. The van der Waals surface area contributed by atoms with Crippen LogP contribution in [0.15, 0.2) is 110 Å². The molecule has 0 amide bonds. The van der Waals surface area contributed by atoms with E-state index in [1.165, 1.54) is 163 Å². The second-order valence-electron chi connectivity index (χ2n) is 34.0. The third-order valence-corrected chi connectivity index (χ3v) is 28.8. The summed E-state index contributed by atoms with van der Waals surface area (Å²) >= 11 is 3.69. The molecular weight excluding hydrogens is 1270 g/mol. The summed E-state index contributed by atoms with van der Waals surface area (Å²) in [6.07, 6.45) is 45.3. The summed E-state index contributed by atoms with van der Waals surface area (Å²) < 4.78 is 51.5. The van der Waals surface area contributed by atoms with Gasteiger partial charge in [-0.15, -0.1) is 0 Å². The van der Waals surface area contributed by atoms with Gasteiger partial charge in [0, 0.05) is 89.7 Å². The van der Waals surface area contributed by atoms with Crippen molar-refractivity contribution in [3.8, 4) is 0 Å². The smallest absolute Gasteiger partial charge is 0.160 e. The van der Waals surface area contributed by atoms with Gasteiger partial charge in [-0.1, -0.05) is 132 Å². The van der Waals surface area contributed by atoms with Gasteiger partial charge in [0.1, 0.15) is 0 Å². The molecule has 13 heteroatoms. The van der Waals surface area contributed by atoms with Crippen molar-refractivity contribution in [2.75, 3.05) is 38.4 Å². The van der Waals surface area contributed by atoms with Crippen LogP contribution in [0.25, 0.3) is 0 Å². The van der Waals surface area contributed by atoms with Crippen LogP contribution in [0.1, 0.15) is 232 Å². The zero-order valence-corrected chi connectivity index (χ0v) is 62.2. The fourth-order valence-electron chi connectivity index (χ4n) is 22.9. The first kappa shape index (κ1) is 73.5. The van der Waals surface area contributed by atoms with Crippen LogP contribution >= 0.6 is 15.9 Å². The van der Waals surface area contributed by atoms with Crippen LogP contribution in [-0.2, 0) is 57.7 Å². The largest absolute Gasteiger partial charge is 0.392 e. The molecule has 0 bridgehead atoms. The van der Waals surface area contributed by atoms with E-state index in [4.69, 9.17) is 43.0 Å². The molecule has 536 valence electrons. The van der Waals surface area contributed by atoms with Crippen molar-refractivity contribution >= 4 is 15.9 Å². The van der Waals surface area contributed by atoms with E-state index in [1.54, 1.807) is 24.5 Å². The van der Waals surface area contributed by atoms with Crippen molar-refractivity contribution in [2.45, 2.75) is 272 Å². The first-order chi connectivity index (χ1) is 46.9. The Bertz CT molecular complexity index is 2860. The second kappa shape index (κ2) is 32.6.